The van der Waals surface area contributed by atoms with Crippen molar-refractivity contribution >= 4 is 17.2 Å². The van der Waals surface area contributed by atoms with E-state index in [4.69, 9.17) is 5.73 Å². The van der Waals surface area contributed by atoms with E-state index in [1.807, 2.05) is 23.1 Å². The van der Waals surface area contributed by atoms with Crippen LogP contribution in [0.1, 0.15) is 29.2 Å². The normalized spacial score (nSPS) is 21.2. The largest absolute Gasteiger partial charge is 0.340 e. The third kappa shape index (κ3) is 3.57. The molecule has 116 valence electrons. The number of benzene rings is 1. The molecule has 1 aromatic heterocycles. The van der Waals surface area contributed by atoms with Crippen LogP contribution in [-0.2, 0) is 11.2 Å². The predicted octanol–water partition coefficient (Wildman–Crippen LogP) is 3.02. The Morgan fingerprint density at radius 2 is 2.00 bits per heavy atom. The maximum absolute atomic E-state index is 12.4. The first-order valence-electron chi connectivity index (χ1n) is 7.84. The lowest BCUT2D eigenvalue weighted by Crippen LogP contribution is -2.32. The Labute approximate surface area is 135 Å². The Bertz CT molecular complexity index is 597. The second-order valence-electron chi connectivity index (χ2n) is 5.91. The molecule has 1 saturated heterocycles. The minimum absolute atomic E-state index is 0.0450. The van der Waals surface area contributed by atoms with Crippen LogP contribution in [0.5, 0.6) is 0 Å². The van der Waals surface area contributed by atoms with Gasteiger partial charge in [-0.1, -0.05) is 36.4 Å². The zero-order valence-corrected chi connectivity index (χ0v) is 13.5. The van der Waals surface area contributed by atoms with E-state index in [1.165, 1.54) is 10.4 Å². The number of carbonyl (C=O) groups is 1. The third-order valence-corrected chi connectivity index (χ3v) is 5.28. The Balaban J connectivity index is 1.51. The number of likely N-dealkylation sites (tertiary alicyclic amines) is 1. The summed E-state index contributed by atoms with van der Waals surface area (Å²) in [5.41, 5.74) is 7.49. The van der Waals surface area contributed by atoms with Gasteiger partial charge in [0, 0.05) is 36.3 Å². The lowest BCUT2D eigenvalue weighted by molar-refractivity contribution is -0.130. The molecule has 0 unspecified atom stereocenters. The van der Waals surface area contributed by atoms with Crippen molar-refractivity contribution in [2.45, 2.75) is 31.2 Å². The standard InChI is InChI=1S/C18H22N2OS/c19-17-13-20(12-16(17)14-6-2-1-3-7-14)18(21)10-4-8-15-9-5-11-22-15/h1-3,5-7,9,11,16-17H,4,8,10,12-13,19H2/t16-,17+/m1/s1. The summed E-state index contributed by atoms with van der Waals surface area (Å²) >= 11 is 1.76. The fourth-order valence-electron chi connectivity index (χ4n) is 3.11. The average molecular weight is 314 g/mol. The maximum Gasteiger partial charge on any atom is 0.222 e. The molecule has 0 aliphatic carbocycles. The molecular weight excluding hydrogens is 292 g/mol. The van der Waals surface area contributed by atoms with Gasteiger partial charge in [-0.2, -0.15) is 0 Å². The molecule has 1 fully saturated rings. The molecule has 2 N–H and O–H groups in total. The van der Waals surface area contributed by atoms with E-state index in [0.717, 1.165) is 19.4 Å². The lowest BCUT2D eigenvalue weighted by Gasteiger charge is -2.16. The predicted molar refractivity (Wildman–Crippen MR) is 91.0 cm³/mol. The summed E-state index contributed by atoms with van der Waals surface area (Å²) in [5, 5.41) is 2.08. The van der Waals surface area contributed by atoms with Crippen LogP contribution in [-0.4, -0.2) is 29.9 Å². The van der Waals surface area contributed by atoms with Gasteiger partial charge in [0.05, 0.1) is 0 Å². The van der Waals surface area contributed by atoms with Crippen molar-refractivity contribution in [3.05, 3.63) is 58.3 Å². The second-order valence-corrected chi connectivity index (χ2v) is 6.94. The van der Waals surface area contributed by atoms with E-state index in [2.05, 4.69) is 29.6 Å². The summed E-state index contributed by atoms with van der Waals surface area (Å²) in [6, 6.07) is 14.5. The molecule has 3 rings (SSSR count). The molecule has 1 amide bonds. The topological polar surface area (TPSA) is 46.3 Å². The summed E-state index contributed by atoms with van der Waals surface area (Å²) in [7, 11) is 0. The molecular formula is C18H22N2OS. The molecule has 0 spiro atoms. The smallest absolute Gasteiger partial charge is 0.222 e. The highest BCUT2D eigenvalue weighted by Crippen LogP contribution is 2.27. The number of nitrogens with zero attached hydrogens (tertiary/aromatic N) is 1. The summed E-state index contributed by atoms with van der Waals surface area (Å²) in [6.07, 6.45) is 2.53. The van der Waals surface area contributed by atoms with Crippen LogP contribution in [0, 0.1) is 0 Å². The molecule has 2 atom stereocenters. The Hall–Kier alpha value is -1.65. The molecule has 1 aliphatic rings. The highest BCUT2D eigenvalue weighted by Gasteiger charge is 2.33. The molecule has 22 heavy (non-hydrogen) atoms. The van der Waals surface area contributed by atoms with E-state index in [1.54, 1.807) is 11.3 Å². The van der Waals surface area contributed by atoms with Crippen LogP contribution >= 0.6 is 11.3 Å². The van der Waals surface area contributed by atoms with Crippen molar-refractivity contribution in [3.8, 4) is 0 Å². The number of hydrogen-bond donors (Lipinski definition) is 1. The number of carbonyl (C=O) groups excluding carboxylic acids is 1. The zero-order valence-electron chi connectivity index (χ0n) is 12.7. The van der Waals surface area contributed by atoms with Gasteiger partial charge in [-0.3, -0.25) is 4.79 Å². The molecule has 0 bridgehead atoms. The third-order valence-electron chi connectivity index (χ3n) is 4.34. The first-order chi connectivity index (χ1) is 10.7. The summed E-state index contributed by atoms with van der Waals surface area (Å²) in [6.45, 7) is 1.43. The van der Waals surface area contributed by atoms with E-state index in [0.29, 0.717) is 13.0 Å². The van der Waals surface area contributed by atoms with Crippen molar-refractivity contribution in [2.24, 2.45) is 5.73 Å². The van der Waals surface area contributed by atoms with Crippen molar-refractivity contribution < 1.29 is 4.79 Å². The van der Waals surface area contributed by atoms with Gasteiger partial charge in [0.15, 0.2) is 0 Å². The molecule has 0 radical (unpaired) electrons. The van der Waals surface area contributed by atoms with Crippen molar-refractivity contribution in [1.82, 2.24) is 4.90 Å². The Morgan fingerprint density at radius 3 is 2.73 bits per heavy atom. The molecule has 0 saturated carbocycles. The Morgan fingerprint density at radius 1 is 1.18 bits per heavy atom. The molecule has 4 heteroatoms. The molecule has 2 heterocycles. The highest BCUT2D eigenvalue weighted by molar-refractivity contribution is 7.09. The van der Waals surface area contributed by atoms with Crippen molar-refractivity contribution in [2.75, 3.05) is 13.1 Å². The number of amides is 1. The van der Waals surface area contributed by atoms with Gasteiger partial charge in [-0.05, 0) is 29.9 Å². The quantitative estimate of drug-likeness (QED) is 0.922. The molecule has 1 aliphatic heterocycles. The fourth-order valence-corrected chi connectivity index (χ4v) is 3.86. The van der Waals surface area contributed by atoms with Gasteiger partial charge in [0.25, 0.3) is 0 Å². The maximum atomic E-state index is 12.4. The number of rotatable bonds is 5. The van der Waals surface area contributed by atoms with Crippen LogP contribution in [0.4, 0.5) is 0 Å². The average Bonchev–Trinajstić information content (AvgIpc) is 3.17. The van der Waals surface area contributed by atoms with Crippen LogP contribution in [0.25, 0.3) is 0 Å². The molecule has 1 aromatic carbocycles. The second kappa shape index (κ2) is 7.07. The number of nitrogens with two attached hydrogens (primary N) is 1. The fraction of sp³-hybridized carbons (Fsp3) is 0.389. The summed E-state index contributed by atoms with van der Waals surface area (Å²) < 4.78 is 0. The number of thiophene rings is 1. The van der Waals surface area contributed by atoms with Gasteiger partial charge in [0.2, 0.25) is 5.91 Å². The van der Waals surface area contributed by atoms with Crippen LogP contribution in [0.15, 0.2) is 47.8 Å². The van der Waals surface area contributed by atoms with Gasteiger partial charge in [0.1, 0.15) is 0 Å². The van der Waals surface area contributed by atoms with E-state index < -0.39 is 0 Å². The minimum atomic E-state index is 0.0450. The van der Waals surface area contributed by atoms with Gasteiger partial charge < -0.3 is 10.6 Å². The number of aryl methyl sites for hydroxylation is 1. The minimum Gasteiger partial charge on any atom is -0.340 e. The highest BCUT2D eigenvalue weighted by atomic mass is 32.1. The lowest BCUT2D eigenvalue weighted by atomic mass is 9.95. The van der Waals surface area contributed by atoms with Crippen LogP contribution < -0.4 is 5.73 Å². The Kier molecular flexibility index (Phi) is 4.90. The van der Waals surface area contributed by atoms with Gasteiger partial charge >= 0.3 is 0 Å². The number of hydrogen-bond acceptors (Lipinski definition) is 3. The first kappa shape index (κ1) is 15.3. The van der Waals surface area contributed by atoms with E-state index in [9.17, 15) is 4.79 Å². The van der Waals surface area contributed by atoms with E-state index in [-0.39, 0.29) is 17.9 Å². The monoisotopic (exact) mass is 314 g/mol. The zero-order chi connectivity index (χ0) is 15.4. The van der Waals surface area contributed by atoms with Gasteiger partial charge in [-0.25, -0.2) is 0 Å². The van der Waals surface area contributed by atoms with Crippen LogP contribution in [0.2, 0.25) is 0 Å². The first-order valence-corrected chi connectivity index (χ1v) is 8.72. The van der Waals surface area contributed by atoms with Crippen molar-refractivity contribution in [3.63, 3.8) is 0 Å². The SMILES string of the molecule is N[C@H]1CN(C(=O)CCCc2cccs2)C[C@@H]1c1ccccc1. The van der Waals surface area contributed by atoms with E-state index >= 15 is 0 Å². The van der Waals surface area contributed by atoms with Crippen LogP contribution in [0.3, 0.4) is 0 Å². The molecule has 3 nitrogen and oxygen atoms in total. The summed E-state index contributed by atoms with van der Waals surface area (Å²) in [5.74, 6) is 0.507. The van der Waals surface area contributed by atoms with Crippen molar-refractivity contribution in [1.29, 1.82) is 0 Å². The molecule has 2 aromatic rings. The van der Waals surface area contributed by atoms with Gasteiger partial charge in [-0.15, -0.1) is 11.3 Å². The summed E-state index contributed by atoms with van der Waals surface area (Å²) in [4.78, 5) is 15.7.